The standard InChI is InChI=1S/2C5H5.4CH3.Al.Yb/c2*1-2-4-5-3-1;;;;;;/h2*1-5H;4*1H3;;/q-5;-1;;;2*-1;;. The molecule has 0 saturated heterocycles. The quantitative estimate of drug-likeness (QED) is 0.459. The van der Waals surface area contributed by atoms with Gasteiger partial charge in [0.15, 0.2) is 15.2 Å². The molecule has 0 N–H and O–H groups in total. The van der Waals surface area contributed by atoms with Crippen LogP contribution in [0.3, 0.4) is 0 Å². The van der Waals surface area contributed by atoms with Gasteiger partial charge in [-0.05, 0) is 0 Å². The molecule has 16 heavy (non-hydrogen) atoms. The first-order valence-electron chi connectivity index (χ1n) is 4.49. The van der Waals surface area contributed by atoms with E-state index in [2.05, 4.69) is 11.6 Å². The van der Waals surface area contributed by atoms with Crippen molar-refractivity contribution in [3.05, 3.63) is 75.5 Å². The van der Waals surface area contributed by atoms with E-state index in [9.17, 15) is 0 Å². The number of rotatable bonds is 0. The van der Waals surface area contributed by atoms with Crippen molar-refractivity contribution in [3.63, 3.8) is 0 Å². The molecule has 2 aromatic rings. The fraction of sp³-hybridized carbons (Fsp3) is 0.143. The average Bonchev–Trinajstić information content (AvgIpc) is 2.85. The molecule has 2 rings (SSSR count). The molecule has 0 atom stereocenters. The molecule has 0 heterocycles. The van der Waals surface area contributed by atoms with Crippen LogP contribution in [-0.4, -0.2) is 15.2 Å². The molecule has 2 heteroatoms. The van der Waals surface area contributed by atoms with E-state index in [0.29, 0.717) is 0 Å². The summed E-state index contributed by atoms with van der Waals surface area (Å²) in [6.07, 6.45) is 0. The first-order valence-corrected chi connectivity index (χ1v) is 6.80. The predicted molar refractivity (Wildman–Crippen MR) is 74.4 cm³/mol. The zero-order valence-corrected chi connectivity index (χ0v) is 13.5. The third kappa shape index (κ3) is 24.1. The Bertz CT molecular complexity index is 162. The molecule has 0 aromatic heterocycles. The van der Waals surface area contributed by atoms with Gasteiger partial charge in [-0.15, -0.1) is 11.6 Å². The first kappa shape index (κ1) is 25.6. The Hall–Kier alpha value is 0.752. The molecule has 1 radical (unpaired) electrons. The van der Waals surface area contributed by atoms with Crippen molar-refractivity contribution in [2.24, 2.45) is 0 Å². The molecule has 0 saturated carbocycles. The van der Waals surface area contributed by atoms with Gasteiger partial charge in [0, 0.05) is 46.9 Å². The van der Waals surface area contributed by atoms with Gasteiger partial charge in [0.1, 0.15) is 0 Å². The van der Waals surface area contributed by atoms with Gasteiger partial charge < -0.3 is 45.2 Å². The molecule has 0 aliphatic rings. The summed E-state index contributed by atoms with van der Waals surface area (Å²) in [5.41, 5.74) is 0. The van der Waals surface area contributed by atoms with Crippen LogP contribution < -0.4 is 0 Å². The maximum atomic E-state index is 2.21. The van der Waals surface area contributed by atoms with Gasteiger partial charge in [-0.3, -0.25) is 0 Å². The fourth-order valence-electron chi connectivity index (χ4n) is 0.642. The molecule has 0 fully saturated rings. The van der Waals surface area contributed by atoms with Crippen LogP contribution in [0, 0.1) is 61.8 Å². The largest absolute Gasteiger partial charge is 0.748 e. The van der Waals surface area contributed by atoms with Crippen molar-refractivity contribution in [2.45, 2.75) is 11.6 Å². The van der Waals surface area contributed by atoms with Gasteiger partial charge in [0.25, 0.3) is 0 Å². The third-order valence-corrected chi connectivity index (χ3v) is 1.11. The molecule has 0 aliphatic heterocycles. The van der Waals surface area contributed by atoms with Gasteiger partial charge in [0.2, 0.25) is 0 Å². The molecule has 0 bridgehead atoms. The minimum Gasteiger partial charge on any atom is -0.748 e. The van der Waals surface area contributed by atoms with Gasteiger partial charge in [-0.1, -0.05) is 0 Å². The summed E-state index contributed by atoms with van der Waals surface area (Å²) in [5, 5.41) is 0. The molecular weight excluding hydrogens is 368 g/mol. The number of hydrogen-bond donors (Lipinski definition) is 0. The molecule has 2 aromatic carbocycles. The van der Waals surface area contributed by atoms with E-state index in [1.54, 1.807) is 0 Å². The SMILES string of the molecule is [CH3-].[CH3-].[CH3][Al][CH3].[Yb].[cH-]1[cH-][cH-][cH-][cH-]1.c1cc[cH-]c1. The van der Waals surface area contributed by atoms with Crippen molar-refractivity contribution >= 4 is 15.2 Å². The summed E-state index contributed by atoms with van der Waals surface area (Å²) in [6, 6.07) is 20.0. The summed E-state index contributed by atoms with van der Waals surface area (Å²) in [5.74, 6) is 4.42. The topological polar surface area (TPSA) is 0 Å². The minimum atomic E-state index is 0. The summed E-state index contributed by atoms with van der Waals surface area (Å²) in [7, 11) is 0. The Balaban J connectivity index is -0.0000000638. The summed E-state index contributed by atoms with van der Waals surface area (Å²) in [6.45, 7) is 0. The smallest absolute Gasteiger partial charge is 0.191 e. The zero-order chi connectivity index (χ0) is 9.78. The van der Waals surface area contributed by atoms with Crippen molar-refractivity contribution in [1.29, 1.82) is 0 Å². The van der Waals surface area contributed by atoms with Gasteiger partial charge in [-0.2, -0.15) is 18.2 Å². The van der Waals surface area contributed by atoms with Crippen LogP contribution in [-0.2, 0) is 0 Å². The second-order valence-corrected chi connectivity index (χ2v) is 3.66. The third-order valence-electron chi connectivity index (χ3n) is 1.11. The maximum absolute atomic E-state index is 2.21. The van der Waals surface area contributed by atoms with Crippen LogP contribution in [0.5, 0.6) is 0 Å². The van der Waals surface area contributed by atoms with E-state index in [0.717, 1.165) is 15.2 Å². The predicted octanol–water partition coefficient (Wildman–Crippen LogP) is 4.50. The van der Waals surface area contributed by atoms with E-state index in [1.807, 2.05) is 60.7 Å². The molecule has 0 nitrogen and oxygen atoms in total. The second kappa shape index (κ2) is 24.8. The van der Waals surface area contributed by atoms with E-state index in [1.165, 1.54) is 0 Å². The zero-order valence-electron chi connectivity index (χ0n) is 10.6. The van der Waals surface area contributed by atoms with E-state index in [4.69, 9.17) is 0 Å². The van der Waals surface area contributed by atoms with Crippen LogP contribution in [0.2, 0.25) is 11.6 Å². The van der Waals surface area contributed by atoms with E-state index < -0.39 is 0 Å². The van der Waals surface area contributed by atoms with Crippen molar-refractivity contribution in [1.82, 2.24) is 0 Å². The summed E-state index contributed by atoms with van der Waals surface area (Å²) in [4.78, 5) is 0. The van der Waals surface area contributed by atoms with Crippen LogP contribution in [0.1, 0.15) is 0 Å². The molecule has 0 spiro atoms. The molecule has 0 amide bonds. The van der Waals surface area contributed by atoms with Crippen LogP contribution in [0.4, 0.5) is 0 Å². The molecule has 103 valence electrons. The Morgan fingerprint density at radius 1 is 0.750 bits per heavy atom. The van der Waals surface area contributed by atoms with Crippen molar-refractivity contribution in [2.75, 3.05) is 0 Å². The van der Waals surface area contributed by atoms with E-state index in [-0.39, 0.29) is 61.8 Å². The van der Waals surface area contributed by atoms with Gasteiger partial charge in [-0.25, -0.2) is 12.1 Å². The Morgan fingerprint density at radius 2 is 1.00 bits per heavy atom. The van der Waals surface area contributed by atoms with Crippen LogP contribution in [0.15, 0.2) is 60.7 Å². The van der Waals surface area contributed by atoms with Gasteiger partial charge >= 0.3 is 0 Å². The normalized spacial score (nSPS) is 5.88. The second-order valence-electron chi connectivity index (χ2n) is 2.50. The van der Waals surface area contributed by atoms with Crippen molar-refractivity contribution < 1.29 is 46.9 Å². The van der Waals surface area contributed by atoms with Gasteiger partial charge in [0.05, 0.1) is 0 Å². The average molecular weight is 390 g/mol. The summed E-state index contributed by atoms with van der Waals surface area (Å²) >= 11 is 0.750. The Morgan fingerprint density at radius 3 is 1.12 bits per heavy atom. The Kier molecular flexibility index (Phi) is 39.7. The van der Waals surface area contributed by atoms with Crippen LogP contribution in [0.25, 0.3) is 0 Å². The number of hydrogen-bond acceptors (Lipinski definition) is 0. The molecular formula is C14H22AlYb-8. The molecule has 0 aliphatic carbocycles. The summed E-state index contributed by atoms with van der Waals surface area (Å²) < 4.78 is 0. The maximum Gasteiger partial charge on any atom is 0.191 e. The minimum absolute atomic E-state index is 0. The van der Waals surface area contributed by atoms with Crippen LogP contribution >= 0.6 is 0 Å². The van der Waals surface area contributed by atoms with Crippen molar-refractivity contribution in [3.8, 4) is 0 Å². The fourth-order valence-corrected chi connectivity index (χ4v) is 0.642. The van der Waals surface area contributed by atoms with E-state index >= 15 is 0 Å². The Labute approximate surface area is 147 Å². The monoisotopic (exact) mass is 391 g/mol. The first-order chi connectivity index (χ1) is 6.41. The molecule has 0 unspecified atom stereocenters.